The molecular formula is C4H7BOV. The topological polar surface area (TPSA) is 17.1 Å². The molecule has 7 heavy (non-hydrogen) atoms. The van der Waals surface area contributed by atoms with Crippen molar-refractivity contribution in [2.24, 2.45) is 0 Å². The summed E-state index contributed by atoms with van der Waals surface area (Å²) in [6, 6.07) is 0. The molecule has 0 unspecified atom stereocenters. The molecule has 0 rings (SSSR count). The molecule has 0 saturated carbocycles. The minimum Gasteiger partial charge on any atom is -0.382 e. The van der Waals surface area contributed by atoms with Crippen LogP contribution >= 0.6 is 0 Å². The smallest absolute Gasteiger partial charge is 0.382 e. The summed E-state index contributed by atoms with van der Waals surface area (Å²) in [6.07, 6.45) is 0. The van der Waals surface area contributed by atoms with E-state index in [4.69, 9.17) is 0 Å². The van der Waals surface area contributed by atoms with Gasteiger partial charge >= 0.3 is 18.6 Å². The molecule has 0 heterocycles. The van der Waals surface area contributed by atoms with Crippen molar-refractivity contribution < 1.29 is 23.4 Å². The Morgan fingerprint density at radius 2 is 1.57 bits per heavy atom. The molecule has 0 aliphatic heterocycles. The van der Waals surface area contributed by atoms with Gasteiger partial charge in [-0.15, -0.1) is 0 Å². The molecule has 0 spiro atoms. The van der Waals surface area contributed by atoms with E-state index in [1.54, 1.807) is 0 Å². The summed E-state index contributed by atoms with van der Waals surface area (Å²) in [6.45, 7) is 7.17. The summed E-state index contributed by atoms with van der Waals surface area (Å²) in [5.74, 6) is -0.0833. The van der Waals surface area contributed by atoms with Gasteiger partial charge in [-0.3, -0.25) is 0 Å². The number of rotatable bonds is 0. The van der Waals surface area contributed by atoms with Gasteiger partial charge in [0.2, 0.25) is 0 Å². The van der Waals surface area contributed by atoms with Gasteiger partial charge in [-0.05, 0) is 12.7 Å². The maximum Gasteiger partial charge on any atom is 2.00 e. The van der Waals surface area contributed by atoms with Crippen molar-refractivity contribution in [3.05, 3.63) is 13.7 Å². The van der Waals surface area contributed by atoms with Gasteiger partial charge in [-0.1, -0.05) is 0 Å². The number of carbonyl (C=O) groups is 1. The molecule has 0 aliphatic carbocycles. The van der Waals surface area contributed by atoms with E-state index in [1.807, 2.05) is 0 Å². The fraction of sp³-hybridized carbons (Fsp3) is 0.250. The Morgan fingerprint density at radius 1 is 1.57 bits per heavy atom. The standard InChI is InChI=1S/C3H5O.CH2B.V/c1-3(2)4;1-2;/h1H2,2H3;1H2;/q2*-1;+2. The van der Waals surface area contributed by atoms with E-state index in [-0.39, 0.29) is 24.3 Å². The zero-order valence-electron chi connectivity index (χ0n) is 4.35. The Labute approximate surface area is 58.2 Å². The molecule has 1 nitrogen and oxygen atoms in total. The predicted molar refractivity (Wildman–Crippen MR) is 27.1 cm³/mol. The molecule has 37 valence electrons. The Hall–Kier alpha value is 0.189. The number of ketones is 1. The third kappa shape index (κ3) is 3030. The van der Waals surface area contributed by atoms with Crippen LogP contribution in [0.1, 0.15) is 6.92 Å². The van der Waals surface area contributed by atoms with Crippen molar-refractivity contribution in [3.8, 4) is 0 Å². The first kappa shape index (κ1) is 15.7. The molecule has 0 atom stereocenters. The molecule has 3 heteroatoms. The summed E-state index contributed by atoms with van der Waals surface area (Å²) < 4.78 is 0. The van der Waals surface area contributed by atoms with Gasteiger partial charge in [0.15, 0.2) is 0 Å². The van der Waals surface area contributed by atoms with Crippen LogP contribution in [-0.2, 0) is 23.4 Å². The first-order valence-corrected chi connectivity index (χ1v) is 1.47. The van der Waals surface area contributed by atoms with Gasteiger partial charge < -0.3 is 18.5 Å². The Bertz CT molecular complexity index is 34.7. The van der Waals surface area contributed by atoms with Gasteiger partial charge in [-0.2, -0.15) is 7.85 Å². The van der Waals surface area contributed by atoms with Crippen molar-refractivity contribution in [1.29, 1.82) is 0 Å². The van der Waals surface area contributed by atoms with Gasteiger partial charge in [0.1, 0.15) is 0 Å². The van der Waals surface area contributed by atoms with Crippen molar-refractivity contribution in [3.63, 3.8) is 0 Å². The van der Waals surface area contributed by atoms with E-state index < -0.39 is 0 Å². The molecule has 0 aliphatic rings. The average Bonchev–Trinajstić information content (AvgIpc) is 1.41. The quantitative estimate of drug-likeness (QED) is 0.344. The Kier molecular flexibility index (Phi) is 36.7. The van der Waals surface area contributed by atoms with Crippen molar-refractivity contribution in [2.45, 2.75) is 6.92 Å². The van der Waals surface area contributed by atoms with E-state index in [9.17, 15) is 4.79 Å². The number of Topliss-reactive ketones (excluding diaryl/α,β-unsaturated/α-hetero) is 1. The molecule has 0 aromatic heterocycles. The van der Waals surface area contributed by atoms with E-state index in [0.717, 1.165) is 0 Å². The van der Waals surface area contributed by atoms with Crippen LogP contribution in [0.3, 0.4) is 0 Å². The van der Waals surface area contributed by atoms with Crippen LogP contribution in [0.2, 0.25) is 0 Å². The van der Waals surface area contributed by atoms with Crippen LogP contribution in [0.5, 0.6) is 0 Å². The van der Waals surface area contributed by atoms with Gasteiger partial charge in [0, 0.05) is 0 Å². The summed E-state index contributed by atoms with van der Waals surface area (Å²) in [4.78, 5) is 9.33. The molecule has 0 saturated heterocycles. The maximum absolute atomic E-state index is 9.33. The molecule has 0 fully saturated rings. The van der Waals surface area contributed by atoms with Crippen LogP contribution in [-0.4, -0.2) is 13.6 Å². The monoisotopic (exact) mass is 133 g/mol. The van der Waals surface area contributed by atoms with Crippen LogP contribution in [0, 0.1) is 13.7 Å². The minimum atomic E-state index is -0.0833. The first-order valence-electron chi connectivity index (χ1n) is 1.47. The molecule has 0 amide bonds. The summed E-state index contributed by atoms with van der Waals surface area (Å²) in [5, 5.41) is 0. The van der Waals surface area contributed by atoms with Crippen molar-refractivity contribution in [1.82, 2.24) is 0 Å². The molecular weight excluding hydrogens is 126 g/mol. The third-order valence-electron chi connectivity index (χ3n) is 0. The molecule has 0 bridgehead atoms. The Balaban J connectivity index is -0.0000000480. The summed E-state index contributed by atoms with van der Waals surface area (Å²) in [7, 11) is 4.25. The summed E-state index contributed by atoms with van der Waals surface area (Å²) in [5.41, 5.74) is 0. The first-order chi connectivity index (χ1) is 2.73. The van der Waals surface area contributed by atoms with E-state index in [2.05, 4.69) is 21.6 Å². The van der Waals surface area contributed by atoms with Gasteiger partial charge in [0.05, 0.1) is 0 Å². The molecule has 0 aromatic rings. The molecule has 0 N–H and O–H groups in total. The number of hydrogen-bond donors (Lipinski definition) is 0. The zero-order valence-corrected chi connectivity index (χ0v) is 5.74. The van der Waals surface area contributed by atoms with Crippen molar-refractivity contribution in [2.75, 3.05) is 0 Å². The fourth-order valence-electron chi connectivity index (χ4n) is 0. The molecule has 3 radical (unpaired) electrons. The second kappa shape index (κ2) is 16.4. The van der Waals surface area contributed by atoms with Crippen molar-refractivity contribution >= 4 is 13.6 Å². The van der Waals surface area contributed by atoms with E-state index in [0.29, 0.717) is 0 Å². The fourth-order valence-corrected chi connectivity index (χ4v) is 0. The maximum atomic E-state index is 9.33. The number of carbonyl (C=O) groups excluding carboxylic acids is 1. The summed E-state index contributed by atoms with van der Waals surface area (Å²) >= 11 is 0. The Morgan fingerprint density at radius 3 is 1.57 bits per heavy atom. The number of hydrogen-bond acceptors (Lipinski definition) is 1. The van der Waals surface area contributed by atoms with Crippen LogP contribution in [0.15, 0.2) is 0 Å². The largest absolute Gasteiger partial charge is 2.00 e. The van der Waals surface area contributed by atoms with Gasteiger partial charge in [0.25, 0.3) is 0 Å². The van der Waals surface area contributed by atoms with E-state index in [1.165, 1.54) is 6.92 Å². The predicted octanol–water partition coefficient (Wildman–Crippen LogP) is 0.353. The van der Waals surface area contributed by atoms with Gasteiger partial charge in [-0.25, -0.2) is 0 Å². The average molecular weight is 133 g/mol. The minimum absolute atomic E-state index is 0. The van der Waals surface area contributed by atoms with E-state index >= 15 is 0 Å². The second-order valence-corrected chi connectivity index (χ2v) is 0.702. The SMILES string of the molecule is [B][CH2-].[CH2-]C(C)=O.[V+2]. The zero-order chi connectivity index (χ0) is 5.58. The third-order valence-corrected chi connectivity index (χ3v) is 0. The van der Waals surface area contributed by atoms with Crippen LogP contribution < -0.4 is 0 Å². The van der Waals surface area contributed by atoms with Crippen LogP contribution in [0.4, 0.5) is 0 Å². The molecule has 0 aromatic carbocycles. The normalized spacial score (nSPS) is 4.29. The second-order valence-electron chi connectivity index (χ2n) is 0.702. The van der Waals surface area contributed by atoms with Crippen LogP contribution in [0.25, 0.3) is 0 Å².